The second kappa shape index (κ2) is 3.58. The van der Waals surface area contributed by atoms with Crippen molar-refractivity contribution in [2.45, 2.75) is 13.8 Å². The summed E-state index contributed by atoms with van der Waals surface area (Å²) in [5, 5.41) is 0. The monoisotopic (exact) mass is 197 g/mol. The van der Waals surface area contributed by atoms with Gasteiger partial charge in [-0.3, -0.25) is 4.57 Å². The molecular formula is C12H11N3. The molecule has 0 amide bonds. The average molecular weight is 197 g/mol. The average Bonchev–Trinajstić information content (AvgIpc) is 2.61. The first-order chi connectivity index (χ1) is 7.22. The van der Waals surface area contributed by atoms with E-state index in [1.54, 1.807) is 6.33 Å². The lowest BCUT2D eigenvalue weighted by atomic mass is 10.3. The molecule has 2 aromatic heterocycles. The lowest BCUT2D eigenvalue weighted by molar-refractivity contribution is 0.949. The highest BCUT2D eigenvalue weighted by Crippen LogP contribution is 2.11. The summed E-state index contributed by atoms with van der Waals surface area (Å²) in [6.45, 7) is 3.94. The normalized spacial score (nSPS) is 9.93. The molecule has 0 radical (unpaired) electrons. The molecule has 0 saturated heterocycles. The van der Waals surface area contributed by atoms with Crippen LogP contribution in [-0.4, -0.2) is 14.5 Å². The third-order valence-corrected chi connectivity index (χ3v) is 2.29. The van der Waals surface area contributed by atoms with E-state index in [4.69, 9.17) is 6.42 Å². The van der Waals surface area contributed by atoms with E-state index in [1.165, 1.54) is 0 Å². The largest absolute Gasteiger partial charge is 0.286 e. The summed E-state index contributed by atoms with van der Waals surface area (Å²) in [5.41, 5.74) is 2.74. The molecule has 0 saturated carbocycles. The molecule has 74 valence electrons. The van der Waals surface area contributed by atoms with Gasteiger partial charge in [0.25, 0.3) is 0 Å². The number of pyridine rings is 1. The first kappa shape index (κ1) is 9.47. The highest BCUT2D eigenvalue weighted by molar-refractivity contribution is 5.35. The van der Waals surface area contributed by atoms with Crippen LogP contribution in [-0.2, 0) is 0 Å². The highest BCUT2D eigenvalue weighted by atomic mass is 15.1. The van der Waals surface area contributed by atoms with Gasteiger partial charge in [0.1, 0.15) is 17.8 Å². The molecule has 0 aliphatic carbocycles. The van der Waals surface area contributed by atoms with Gasteiger partial charge in [0.15, 0.2) is 0 Å². The van der Waals surface area contributed by atoms with Crippen molar-refractivity contribution >= 4 is 0 Å². The predicted molar refractivity (Wildman–Crippen MR) is 58.8 cm³/mol. The maximum Gasteiger partial charge on any atom is 0.138 e. The van der Waals surface area contributed by atoms with Crippen LogP contribution < -0.4 is 0 Å². The molecule has 0 fully saturated rings. The van der Waals surface area contributed by atoms with Crippen molar-refractivity contribution in [1.29, 1.82) is 0 Å². The van der Waals surface area contributed by atoms with Gasteiger partial charge in [-0.1, -0.05) is 6.07 Å². The SMILES string of the molecule is C#Cc1ncn(-c2ccc(C)cn2)c1C. The van der Waals surface area contributed by atoms with Gasteiger partial charge in [-0.15, -0.1) is 6.42 Å². The van der Waals surface area contributed by atoms with Crippen LogP contribution >= 0.6 is 0 Å². The summed E-state index contributed by atoms with van der Waals surface area (Å²) in [6.07, 6.45) is 8.84. The minimum atomic E-state index is 0.664. The number of hydrogen-bond donors (Lipinski definition) is 0. The van der Waals surface area contributed by atoms with E-state index in [-0.39, 0.29) is 0 Å². The van der Waals surface area contributed by atoms with Crippen LogP contribution in [0.4, 0.5) is 0 Å². The van der Waals surface area contributed by atoms with Crippen LogP contribution in [0.5, 0.6) is 0 Å². The molecular weight excluding hydrogens is 186 g/mol. The molecule has 2 aromatic rings. The van der Waals surface area contributed by atoms with Crippen molar-refractivity contribution in [3.8, 4) is 18.2 Å². The fourth-order valence-electron chi connectivity index (χ4n) is 1.38. The fraction of sp³-hybridized carbons (Fsp3) is 0.167. The zero-order chi connectivity index (χ0) is 10.8. The lowest BCUT2D eigenvalue weighted by Crippen LogP contribution is -1.98. The summed E-state index contributed by atoms with van der Waals surface area (Å²) < 4.78 is 1.88. The molecule has 0 bridgehead atoms. The Balaban J connectivity index is 2.51. The number of nitrogens with zero attached hydrogens (tertiary/aromatic N) is 3. The molecule has 2 heterocycles. The standard InChI is InChI=1S/C12H11N3/c1-4-11-10(3)15(8-14-11)12-6-5-9(2)7-13-12/h1,5-8H,2-3H3. The lowest BCUT2D eigenvalue weighted by Gasteiger charge is -2.03. The minimum absolute atomic E-state index is 0.664. The number of rotatable bonds is 1. The molecule has 0 aromatic carbocycles. The zero-order valence-electron chi connectivity index (χ0n) is 8.73. The second-order valence-electron chi connectivity index (χ2n) is 3.39. The second-order valence-corrected chi connectivity index (χ2v) is 3.39. The Labute approximate surface area is 88.8 Å². The topological polar surface area (TPSA) is 30.7 Å². The number of hydrogen-bond acceptors (Lipinski definition) is 2. The van der Waals surface area contributed by atoms with Gasteiger partial charge in [0, 0.05) is 6.20 Å². The first-order valence-corrected chi connectivity index (χ1v) is 4.66. The maximum absolute atomic E-state index is 5.32. The fourth-order valence-corrected chi connectivity index (χ4v) is 1.38. The van der Waals surface area contributed by atoms with Crippen molar-refractivity contribution in [2.75, 3.05) is 0 Å². The molecule has 2 rings (SSSR count). The van der Waals surface area contributed by atoms with Gasteiger partial charge in [-0.05, 0) is 31.4 Å². The van der Waals surface area contributed by atoms with E-state index in [0.29, 0.717) is 5.69 Å². The maximum atomic E-state index is 5.32. The summed E-state index contributed by atoms with van der Waals surface area (Å²) in [7, 11) is 0. The van der Waals surface area contributed by atoms with Crippen LogP contribution in [0, 0.1) is 26.2 Å². The molecule has 0 spiro atoms. The van der Waals surface area contributed by atoms with Gasteiger partial charge in [0.05, 0.1) is 5.69 Å². The van der Waals surface area contributed by atoms with E-state index in [9.17, 15) is 0 Å². The molecule has 3 nitrogen and oxygen atoms in total. The van der Waals surface area contributed by atoms with Crippen LogP contribution in [0.25, 0.3) is 5.82 Å². The Morgan fingerprint density at radius 1 is 1.27 bits per heavy atom. The van der Waals surface area contributed by atoms with Crippen molar-refractivity contribution in [3.05, 3.63) is 41.6 Å². The van der Waals surface area contributed by atoms with Gasteiger partial charge in [0.2, 0.25) is 0 Å². The van der Waals surface area contributed by atoms with Crippen LogP contribution in [0.1, 0.15) is 17.0 Å². The highest BCUT2D eigenvalue weighted by Gasteiger charge is 2.05. The van der Waals surface area contributed by atoms with E-state index < -0.39 is 0 Å². The van der Waals surface area contributed by atoms with Crippen LogP contribution in [0.2, 0.25) is 0 Å². The third kappa shape index (κ3) is 1.62. The van der Waals surface area contributed by atoms with E-state index in [1.807, 2.05) is 36.7 Å². The van der Waals surface area contributed by atoms with Gasteiger partial charge in [-0.2, -0.15) is 0 Å². The van der Waals surface area contributed by atoms with Crippen LogP contribution in [0.15, 0.2) is 24.7 Å². The van der Waals surface area contributed by atoms with Crippen molar-refractivity contribution in [1.82, 2.24) is 14.5 Å². The molecule has 0 atom stereocenters. The Morgan fingerprint density at radius 3 is 2.60 bits per heavy atom. The van der Waals surface area contributed by atoms with Gasteiger partial charge in [-0.25, -0.2) is 9.97 Å². The molecule has 0 N–H and O–H groups in total. The Hall–Kier alpha value is -2.08. The first-order valence-electron chi connectivity index (χ1n) is 4.66. The smallest absolute Gasteiger partial charge is 0.138 e. The summed E-state index contributed by atoms with van der Waals surface area (Å²) in [5.74, 6) is 3.38. The predicted octanol–water partition coefficient (Wildman–Crippen LogP) is 1.87. The zero-order valence-corrected chi connectivity index (χ0v) is 8.73. The number of imidazole rings is 1. The van der Waals surface area contributed by atoms with E-state index in [2.05, 4.69) is 15.9 Å². The van der Waals surface area contributed by atoms with Crippen molar-refractivity contribution < 1.29 is 0 Å². The number of aryl methyl sites for hydroxylation is 1. The van der Waals surface area contributed by atoms with Gasteiger partial charge >= 0.3 is 0 Å². The molecule has 0 aliphatic heterocycles. The Bertz CT molecular complexity index is 515. The minimum Gasteiger partial charge on any atom is -0.286 e. The van der Waals surface area contributed by atoms with E-state index in [0.717, 1.165) is 17.1 Å². The van der Waals surface area contributed by atoms with Crippen molar-refractivity contribution in [2.24, 2.45) is 0 Å². The summed E-state index contributed by atoms with van der Waals surface area (Å²) in [4.78, 5) is 8.43. The molecule has 0 unspecified atom stereocenters. The van der Waals surface area contributed by atoms with E-state index >= 15 is 0 Å². The van der Waals surface area contributed by atoms with Gasteiger partial charge < -0.3 is 0 Å². The van der Waals surface area contributed by atoms with Crippen molar-refractivity contribution in [3.63, 3.8) is 0 Å². The molecule has 0 aliphatic rings. The third-order valence-electron chi connectivity index (χ3n) is 2.29. The summed E-state index contributed by atoms with van der Waals surface area (Å²) >= 11 is 0. The Kier molecular flexibility index (Phi) is 2.26. The number of aromatic nitrogens is 3. The quantitative estimate of drug-likeness (QED) is 0.653. The van der Waals surface area contributed by atoms with Crippen LogP contribution in [0.3, 0.4) is 0 Å². The Morgan fingerprint density at radius 2 is 2.07 bits per heavy atom. The summed E-state index contributed by atoms with van der Waals surface area (Å²) in [6, 6.07) is 3.96. The molecule has 3 heteroatoms. The molecule has 15 heavy (non-hydrogen) atoms. The number of terminal acetylenes is 1.